The van der Waals surface area contributed by atoms with Gasteiger partial charge in [-0.15, -0.1) is 0 Å². The molecule has 0 fully saturated rings. The molecule has 2 nitrogen and oxygen atoms in total. The maximum absolute atomic E-state index is 9.65. The van der Waals surface area contributed by atoms with Crippen molar-refractivity contribution < 1.29 is 9.90 Å². The van der Waals surface area contributed by atoms with Gasteiger partial charge in [-0.25, -0.2) is 0 Å². The average molecular weight is 734 g/mol. The van der Waals surface area contributed by atoms with Crippen molar-refractivity contribution in [2.75, 3.05) is 4.90 Å². The van der Waals surface area contributed by atoms with Crippen LogP contribution in [0.2, 0.25) is 0 Å². The Bertz CT molecular complexity index is 3360. The zero-order valence-electron chi connectivity index (χ0n) is 35.6. The summed E-state index contributed by atoms with van der Waals surface area (Å²) in [6.45, 7) is 4.47. The SMILES string of the molecule is [2H]c1c([2H])c(N(c2ccc(-c3cccc4oc5c6ccccc6ccc5c34)cc2)c2ccc3c(c2)C(C)(C)c2ccccc2-3)c([2H])c([2H])c1-c1cccc(-c2ccccc2)c1. The third kappa shape index (κ3) is 5.40. The minimum atomic E-state index is -0.294. The van der Waals surface area contributed by atoms with E-state index in [-0.39, 0.29) is 40.8 Å². The summed E-state index contributed by atoms with van der Waals surface area (Å²) in [5, 5.41) is 4.29. The molecule has 10 aromatic rings. The van der Waals surface area contributed by atoms with Gasteiger partial charge in [0.1, 0.15) is 11.2 Å². The van der Waals surface area contributed by atoms with Crippen molar-refractivity contribution in [3.05, 3.63) is 211 Å². The first-order chi connectivity index (χ1) is 29.7. The van der Waals surface area contributed by atoms with Gasteiger partial charge in [0.25, 0.3) is 0 Å². The Morgan fingerprint density at radius 3 is 1.95 bits per heavy atom. The molecule has 1 aliphatic rings. The predicted octanol–water partition coefficient (Wildman–Crippen LogP) is 15.5. The Morgan fingerprint density at radius 1 is 0.439 bits per heavy atom. The summed E-state index contributed by atoms with van der Waals surface area (Å²) in [7, 11) is 0. The zero-order valence-corrected chi connectivity index (χ0v) is 31.6. The summed E-state index contributed by atoms with van der Waals surface area (Å²) in [6, 6.07) is 59.0. The molecule has 0 radical (unpaired) electrons. The molecule has 0 unspecified atom stereocenters. The van der Waals surface area contributed by atoms with Crippen molar-refractivity contribution in [1.82, 2.24) is 0 Å². The van der Waals surface area contributed by atoms with E-state index in [0.29, 0.717) is 11.3 Å². The molecular weight excluding hydrogens is 691 g/mol. The highest BCUT2D eigenvalue weighted by atomic mass is 16.3. The minimum absolute atomic E-state index is 0.0947. The van der Waals surface area contributed by atoms with Crippen LogP contribution in [0.3, 0.4) is 0 Å². The summed E-state index contributed by atoms with van der Waals surface area (Å²) < 4.78 is 44.8. The maximum Gasteiger partial charge on any atom is 0.143 e. The summed E-state index contributed by atoms with van der Waals surface area (Å²) >= 11 is 0. The van der Waals surface area contributed by atoms with Crippen LogP contribution in [0.25, 0.3) is 77.2 Å². The topological polar surface area (TPSA) is 16.4 Å². The van der Waals surface area contributed by atoms with Gasteiger partial charge in [-0.3, -0.25) is 0 Å². The highest BCUT2D eigenvalue weighted by Crippen LogP contribution is 2.51. The molecule has 57 heavy (non-hydrogen) atoms. The Kier molecular flexibility index (Phi) is 6.64. The first-order valence-electron chi connectivity index (χ1n) is 21.4. The van der Waals surface area contributed by atoms with E-state index in [2.05, 4.69) is 92.7 Å². The molecule has 0 aliphatic heterocycles. The Labute approximate surface area is 338 Å². The molecule has 0 atom stereocenters. The molecule has 270 valence electrons. The smallest absolute Gasteiger partial charge is 0.143 e. The number of furan rings is 1. The number of hydrogen-bond donors (Lipinski definition) is 0. The number of nitrogens with zero attached hydrogens (tertiary/aromatic N) is 1. The van der Waals surface area contributed by atoms with E-state index in [1.54, 1.807) is 0 Å². The van der Waals surface area contributed by atoms with Crippen molar-refractivity contribution in [3.63, 3.8) is 0 Å². The van der Waals surface area contributed by atoms with Gasteiger partial charge < -0.3 is 9.32 Å². The van der Waals surface area contributed by atoms with Crippen LogP contribution in [0.15, 0.2) is 205 Å². The second kappa shape index (κ2) is 13.0. The van der Waals surface area contributed by atoms with Crippen LogP contribution >= 0.6 is 0 Å². The standard InChI is InChI=1S/C55H39NO/c1-55(2)50-20-9-8-18-47(50)48-33-31-44(35-51(48)55)56(42-27-22-37(23-28-42)41-16-10-15-40(34-41)36-12-4-3-5-13-36)43-29-24-39(25-30-43)45-19-11-21-52-53(45)49-32-26-38-14-6-7-17-46(38)54(49)57-52/h3-35H,1-2H3/i22D,23D,27D,28D. The molecule has 0 saturated heterocycles. The van der Waals surface area contributed by atoms with E-state index in [0.717, 1.165) is 71.8 Å². The second-order valence-corrected chi connectivity index (χ2v) is 15.4. The average Bonchev–Trinajstić information content (AvgIpc) is 3.80. The molecule has 1 aromatic heterocycles. The van der Waals surface area contributed by atoms with Gasteiger partial charge in [-0.2, -0.15) is 0 Å². The fourth-order valence-corrected chi connectivity index (χ4v) is 8.87. The second-order valence-electron chi connectivity index (χ2n) is 15.4. The molecule has 0 spiro atoms. The lowest BCUT2D eigenvalue weighted by Gasteiger charge is -2.28. The van der Waals surface area contributed by atoms with Crippen LogP contribution in [-0.2, 0) is 5.41 Å². The summed E-state index contributed by atoms with van der Waals surface area (Å²) in [5.41, 5.74) is 12.7. The largest absolute Gasteiger partial charge is 0.455 e. The third-order valence-corrected chi connectivity index (χ3v) is 11.7. The molecule has 0 amide bonds. The Balaban J connectivity index is 1.08. The van der Waals surface area contributed by atoms with Crippen LogP contribution in [-0.4, -0.2) is 0 Å². The number of hydrogen-bond acceptors (Lipinski definition) is 2. The number of rotatable bonds is 6. The molecule has 9 aromatic carbocycles. The van der Waals surface area contributed by atoms with Crippen molar-refractivity contribution in [2.45, 2.75) is 19.3 Å². The highest BCUT2D eigenvalue weighted by Gasteiger charge is 2.35. The van der Waals surface area contributed by atoms with Crippen LogP contribution in [0.5, 0.6) is 0 Å². The highest BCUT2D eigenvalue weighted by molar-refractivity contribution is 6.19. The van der Waals surface area contributed by atoms with E-state index >= 15 is 0 Å². The fourth-order valence-electron chi connectivity index (χ4n) is 8.87. The van der Waals surface area contributed by atoms with Gasteiger partial charge in [-0.1, -0.05) is 159 Å². The van der Waals surface area contributed by atoms with Gasteiger partial charge in [0.05, 0.1) is 5.48 Å². The monoisotopic (exact) mass is 733 g/mol. The van der Waals surface area contributed by atoms with Crippen LogP contribution in [0.4, 0.5) is 17.1 Å². The van der Waals surface area contributed by atoms with Crippen molar-refractivity contribution >= 4 is 49.8 Å². The van der Waals surface area contributed by atoms with Crippen molar-refractivity contribution in [1.29, 1.82) is 0 Å². The number of benzene rings is 9. The van der Waals surface area contributed by atoms with Gasteiger partial charge in [0.15, 0.2) is 0 Å². The first kappa shape index (κ1) is 29.2. The fraction of sp³-hybridized carbons (Fsp3) is 0.0545. The van der Waals surface area contributed by atoms with Crippen molar-refractivity contribution in [3.8, 4) is 44.5 Å². The van der Waals surface area contributed by atoms with E-state index < -0.39 is 0 Å². The Hall–Kier alpha value is -7.16. The summed E-state index contributed by atoms with van der Waals surface area (Å²) in [4.78, 5) is 1.90. The lowest BCUT2D eigenvalue weighted by atomic mass is 9.82. The van der Waals surface area contributed by atoms with E-state index in [1.807, 2.05) is 102 Å². The summed E-state index contributed by atoms with van der Waals surface area (Å²) in [5.74, 6) is 0. The molecule has 2 heteroatoms. The molecule has 11 rings (SSSR count). The predicted molar refractivity (Wildman–Crippen MR) is 240 cm³/mol. The first-order valence-corrected chi connectivity index (χ1v) is 19.4. The molecule has 0 bridgehead atoms. The third-order valence-electron chi connectivity index (χ3n) is 11.7. The van der Waals surface area contributed by atoms with Gasteiger partial charge >= 0.3 is 0 Å². The van der Waals surface area contributed by atoms with Crippen molar-refractivity contribution in [2.24, 2.45) is 0 Å². The molecule has 0 saturated carbocycles. The van der Waals surface area contributed by atoms with Gasteiger partial charge in [0, 0.05) is 38.6 Å². The molecular formula is C55H39NO. The minimum Gasteiger partial charge on any atom is -0.455 e. The molecule has 1 heterocycles. The van der Waals surface area contributed by atoms with E-state index in [4.69, 9.17) is 4.42 Å². The molecule has 1 aliphatic carbocycles. The number of anilines is 3. The molecule has 0 N–H and O–H groups in total. The lowest BCUT2D eigenvalue weighted by Crippen LogP contribution is -2.16. The van der Waals surface area contributed by atoms with Crippen LogP contribution < -0.4 is 4.90 Å². The quantitative estimate of drug-likeness (QED) is 0.169. The van der Waals surface area contributed by atoms with Crippen LogP contribution in [0, 0.1) is 0 Å². The Morgan fingerprint density at radius 2 is 1.11 bits per heavy atom. The zero-order chi connectivity index (χ0) is 41.6. The summed E-state index contributed by atoms with van der Waals surface area (Å²) in [6.07, 6.45) is 0. The van der Waals surface area contributed by atoms with E-state index in [1.165, 1.54) is 11.1 Å². The van der Waals surface area contributed by atoms with Gasteiger partial charge in [0.2, 0.25) is 0 Å². The number of fused-ring (bicyclic) bond motifs is 8. The normalized spacial score (nSPS) is 13.9. The van der Waals surface area contributed by atoms with Crippen LogP contribution in [0.1, 0.15) is 30.5 Å². The van der Waals surface area contributed by atoms with Gasteiger partial charge in [-0.05, 0) is 116 Å². The lowest BCUT2D eigenvalue weighted by molar-refractivity contribution is 0.660. The van der Waals surface area contributed by atoms with E-state index in [9.17, 15) is 5.48 Å². The maximum atomic E-state index is 9.65.